The van der Waals surface area contributed by atoms with Crippen molar-refractivity contribution >= 4 is 29.3 Å². The topological polar surface area (TPSA) is 37.8 Å². The fraction of sp³-hybridized carbons (Fsp3) is 0.556. The van der Waals surface area contributed by atoms with Crippen LogP contribution in [0.3, 0.4) is 0 Å². The first kappa shape index (κ1) is 11.6. The Kier molecular flexibility index (Phi) is 3.61. The van der Waals surface area contributed by atoms with Crippen molar-refractivity contribution in [3.05, 3.63) is 11.2 Å². The Hall–Kier alpha value is -0.480. The molecule has 0 saturated heterocycles. The van der Waals surface area contributed by atoms with Gasteiger partial charge in [-0.15, -0.1) is 0 Å². The van der Waals surface area contributed by atoms with Crippen molar-refractivity contribution in [2.24, 2.45) is 0 Å². The third kappa shape index (κ3) is 3.35. The van der Waals surface area contributed by atoms with Crippen LogP contribution in [0, 0.1) is 0 Å². The van der Waals surface area contributed by atoms with Gasteiger partial charge in [-0.25, -0.2) is 9.97 Å². The first-order valence-corrected chi connectivity index (χ1v) is 5.51. The molecule has 0 aliphatic carbocycles. The smallest absolute Gasteiger partial charge is 0.223 e. The minimum atomic E-state index is 0.100. The lowest BCUT2D eigenvalue weighted by molar-refractivity contribution is 0.798. The van der Waals surface area contributed by atoms with Crippen LogP contribution in [-0.2, 0) is 0 Å². The predicted molar refractivity (Wildman–Crippen MR) is 62.2 cm³/mol. The van der Waals surface area contributed by atoms with Crippen molar-refractivity contribution in [3.8, 4) is 0 Å². The Morgan fingerprint density at radius 1 is 1.43 bits per heavy atom. The predicted octanol–water partition coefficient (Wildman–Crippen LogP) is 3.06. The molecule has 1 N–H and O–H groups in total. The molecule has 1 heterocycles. The zero-order valence-electron chi connectivity index (χ0n) is 8.76. The molecule has 0 fully saturated rings. The van der Waals surface area contributed by atoms with Gasteiger partial charge in [-0.1, -0.05) is 44.1 Å². The van der Waals surface area contributed by atoms with Crippen molar-refractivity contribution in [2.45, 2.75) is 30.5 Å². The van der Waals surface area contributed by atoms with E-state index in [1.807, 2.05) is 0 Å². The molecule has 14 heavy (non-hydrogen) atoms. The fourth-order valence-electron chi connectivity index (χ4n) is 0.834. The highest BCUT2D eigenvalue weighted by atomic mass is 35.5. The van der Waals surface area contributed by atoms with Crippen molar-refractivity contribution in [2.75, 3.05) is 12.4 Å². The molecule has 0 spiro atoms. The highest BCUT2D eigenvalue weighted by molar-refractivity contribution is 8.00. The van der Waals surface area contributed by atoms with Gasteiger partial charge in [0, 0.05) is 11.8 Å². The fourth-order valence-corrected chi connectivity index (χ4v) is 1.90. The van der Waals surface area contributed by atoms with Gasteiger partial charge in [0.25, 0.3) is 0 Å². The molecule has 0 unspecified atom stereocenters. The Balaban J connectivity index is 2.95. The van der Waals surface area contributed by atoms with E-state index < -0.39 is 0 Å². The van der Waals surface area contributed by atoms with Crippen LogP contribution in [0.5, 0.6) is 0 Å². The molecule has 0 aromatic carbocycles. The molecule has 78 valence electrons. The maximum absolute atomic E-state index is 5.99. The normalized spacial score (nSPS) is 11.5. The van der Waals surface area contributed by atoms with E-state index in [1.165, 1.54) is 0 Å². The van der Waals surface area contributed by atoms with Crippen LogP contribution < -0.4 is 5.32 Å². The van der Waals surface area contributed by atoms with Crippen LogP contribution in [0.1, 0.15) is 20.8 Å². The Bertz CT molecular complexity index is 322. The van der Waals surface area contributed by atoms with Crippen LogP contribution in [0.25, 0.3) is 0 Å². The van der Waals surface area contributed by atoms with Gasteiger partial charge in [-0.3, -0.25) is 0 Å². The van der Waals surface area contributed by atoms with Gasteiger partial charge in [0.15, 0.2) is 0 Å². The number of aromatic nitrogens is 2. The van der Waals surface area contributed by atoms with Crippen LogP contribution in [0.4, 0.5) is 5.95 Å². The van der Waals surface area contributed by atoms with E-state index in [2.05, 4.69) is 36.1 Å². The van der Waals surface area contributed by atoms with E-state index in [1.54, 1.807) is 25.0 Å². The molecule has 1 rings (SSSR count). The summed E-state index contributed by atoms with van der Waals surface area (Å²) in [5.41, 5.74) is 0. The van der Waals surface area contributed by atoms with E-state index >= 15 is 0 Å². The number of rotatable bonds is 2. The minimum absolute atomic E-state index is 0.100. The van der Waals surface area contributed by atoms with Gasteiger partial charge < -0.3 is 5.32 Å². The lowest BCUT2D eigenvalue weighted by Gasteiger charge is -2.17. The highest BCUT2D eigenvalue weighted by Gasteiger charge is 2.16. The molecular formula is C9H14ClN3S. The van der Waals surface area contributed by atoms with Gasteiger partial charge in [0.2, 0.25) is 5.95 Å². The molecule has 1 aromatic heterocycles. The monoisotopic (exact) mass is 231 g/mol. The third-order valence-corrected chi connectivity index (χ3v) is 2.84. The summed E-state index contributed by atoms with van der Waals surface area (Å²) in [5.74, 6) is 0.598. The van der Waals surface area contributed by atoms with E-state index in [9.17, 15) is 0 Å². The molecule has 0 amide bonds. The zero-order valence-corrected chi connectivity index (χ0v) is 10.3. The van der Waals surface area contributed by atoms with Crippen LogP contribution >= 0.6 is 23.4 Å². The highest BCUT2D eigenvalue weighted by Crippen LogP contribution is 2.34. The number of thioether (sulfide) groups is 1. The quantitative estimate of drug-likeness (QED) is 0.627. The Morgan fingerprint density at radius 2 is 2.07 bits per heavy atom. The summed E-state index contributed by atoms with van der Waals surface area (Å²) in [6.07, 6.45) is 1.62. The minimum Gasteiger partial charge on any atom is -0.357 e. The number of hydrogen-bond donors (Lipinski definition) is 1. The summed E-state index contributed by atoms with van der Waals surface area (Å²) in [6, 6.07) is 0. The molecule has 0 aliphatic rings. The summed E-state index contributed by atoms with van der Waals surface area (Å²) in [4.78, 5) is 8.30. The SMILES string of the molecule is CNc1ncc(Cl)c(SC(C)(C)C)n1. The van der Waals surface area contributed by atoms with Gasteiger partial charge in [-0.05, 0) is 0 Å². The van der Waals surface area contributed by atoms with Crippen molar-refractivity contribution < 1.29 is 0 Å². The van der Waals surface area contributed by atoms with Gasteiger partial charge in [-0.2, -0.15) is 0 Å². The number of hydrogen-bond acceptors (Lipinski definition) is 4. The lowest BCUT2D eigenvalue weighted by atomic mass is 10.3. The average molecular weight is 232 g/mol. The molecule has 1 aromatic rings. The lowest BCUT2D eigenvalue weighted by Crippen LogP contribution is -2.08. The van der Waals surface area contributed by atoms with E-state index in [0.717, 1.165) is 5.03 Å². The number of anilines is 1. The first-order chi connectivity index (χ1) is 6.42. The zero-order chi connectivity index (χ0) is 10.8. The van der Waals surface area contributed by atoms with E-state index in [4.69, 9.17) is 11.6 Å². The Labute approximate surface area is 93.7 Å². The summed E-state index contributed by atoms with van der Waals surface area (Å²) >= 11 is 7.62. The standard InChI is InChI=1S/C9H14ClN3S/c1-9(2,3)14-7-6(10)5-12-8(11-4)13-7/h5H,1-4H3,(H,11,12,13). The average Bonchev–Trinajstić information content (AvgIpc) is 2.06. The van der Waals surface area contributed by atoms with Crippen LogP contribution in [0.15, 0.2) is 11.2 Å². The maximum Gasteiger partial charge on any atom is 0.223 e. The largest absolute Gasteiger partial charge is 0.357 e. The van der Waals surface area contributed by atoms with Crippen LogP contribution in [-0.4, -0.2) is 21.8 Å². The molecule has 0 saturated carbocycles. The molecule has 0 bridgehead atoms. The summed E-state index contributed by atoms with van der Waals surface area (Å²) in [7, 11) is 1.79. The molecule has 5 heteroatoms. The van der Waals surface area contributed by atoms with Gasteiger partial charge in [0.1, 0.15) is 5.03 Å². The van der Waals surface area contributed by atoms with Gasteiger partial charge >= 0.3 is 0 Å². The first-order valence-electron chi connectivity index (χ1n) is 4.31. The molecule has 0 atom stereocenters. The van der Waals surface area contributed by atoms with E-state index in [0.29, 0.717) is 11.0 Å². The van der Waals surface area contributed by atoms with Gasteiger partial charge in [0.05, 0.1) is 11.2 Å². The van der Waals surface area contributed by atoms with Crippen molar-refractivity contribution in [1.29, 1.82) is 0 Å². The summed E-state index contributed by atoms with van der Waals surface area (Å²) in [5, 5.41) is 4.31. The van der Waals surface area contributed by atoms with Crippen molar-refractivity contribution in [1.82, 2.24) is 9.97 Å². The number of nitrogens with one attached hydrogen (secondary N) is 1. The third-order valence-electron chi connectivity index (χ3n) is 1.34. The molecular weight excluding hydrogens is 218 g/mol. The van der Waals surface area contributed by atoms with Crippen LogP contribution in [0.2, 0.25) is 5.02 Å². The molecule has 0 radical (unpaired) electrons. The maximum atomic E-state index is 5.99. The second kappa shape index (κ2) is 4.36. The van der Waals surface area contributed by atoms with E-state index in [-0.39, 0.29) is 4.75 Å². The number of nitrogens with zero attached hydrogens (tertiary/aromatic N) is 2. The Morgan fingerprint density at radius 3 is 2.57 bits per heavy atom. The molecule has 0 aliphatic heterocycles. The molecule has 3 nitrogen and oxygen atoms in total. The second-order valence-electron chi connectivity index (χ2n) is 3.81. The second-order valence-corrected chi connectivity index (χ2v) is 6.03. The summed E-state index contributed by atoms with van der Waals surface area (Å²) in [6.45, 7) is 6.36. The van der Waals surface area contributed by atoms with Crippen molar-refractivity contribution in [3.63, 3.8) is 0 Å². The summed E-state index contributed by atoms with van der Waals surface area (Å²) < 4.78 is 0.100. The number of halogens is 1.